The molecule has 3 nitrogen and oxygen atoms in total. The van der Waals surface area contributed by atoms with Crippen molar-refractivity contribution in [1.29, 1.82) is 0 Å². The second-order valence-corrected chi connectivity index (χ2v) is 5.89. The lowest BCUT2D eigenvalue weighted by Gasteiger charge is -2.18. The van der Waals surface area contributed by atoms with Crippen molar-refractivity contribution in [2.24, 2.45) is 0 Å². The molecule has 1 unspecified atom stereocenters. The van der Waals surface area contributed by atoms with Crippen molar-refractivity contribution in [3.8, 4) is 11.5 Å². The lowest BCUT2D eigenvalue weighted by molar-refractivity contribution is 0.354. The largest absolute Gasteiger partial charge is 0.493 e. The summed E-state index contributed by atoms with van der Waals surface area (Å²) in [5, 5.41) is 3.38. The van der Waals surface area contributed by atoms with Crippen molar-refractivity contribution < 1.29 is 9.47 Å². The fourth-order valence-electron chi connectivity index (χ4n) is 2.07. The molecule has 0 heterocycles. The van der Waals surface area contributed by atoms with E-state index in [-0.39, 0.29) is 0 Å². The molecule has 4 heteroatoms. The fraction of sp³-hybridized carbons (Fsp3) is 0.625. The standard InChI is InChI=1S/C16H27NO2S/c1-5-6-7-10-20-12-14(17-2)13-8-9-15(18-3)16(11-13)19-4/h8-9,11,14,17H,5-7,10,12H2,1-4H3. The normalized spacial score (nSPS) is 12.2. The molecule has 1 atom stereocenters. The van der Waals surface area contributed by atoms with Gasteiger partial charge in [-0.3, -0.25) is 0 Å². The van der Waals surface area contributed by atoms with Gasteiger partial charge in [-0.25, -0.2) is 0 Å². The molecule has 0 aliphatic rings. The van der Waals surface area contributed by atoms with Crippen LogP contribution < -0.4 is 14.8 Å². The van der Waals surface area contributed by atoms with Gasteiger partial charge < -0.3 is 14.8 Å². The van der Waals surface area contributed by atoms with Crippen LogP contribution in [0, 0.1) is 0 Å². The summed E-state index contributed by atoms with van der Waals surface area (Å²) in [6.45, 7) is 2.24. The van der Waals surface area contributed by atoms with E-state index < -0.39 is 0 Å². The predicted octanol–water partition coefficient (Wildman–Crippen LogP) is 3.89. The minimum absolute atomic E-state index is 0.349. The monoisotopic (exact) mass is 297 g/mol. The Balaban J connectivity index is 2.60. The Morgan fingerprint density at radius 1 is 1.15 bits per heavy atom. The minimum Gasteiger partial charge on any atom is -0.493 e. The molecule has 0 saturated carbocycles. The summed E-state index contributed by atoms with van der Waals surface area (Å²) in [7, 11) is 5.35. The Kier molecular flexibility index (Phi) is 8.54. The van der Waals surface area contributed by atoms with E-state index in [9.17, 15) is 0 Å². The Labute approximate surface area is 127 Å². The van der Waals surface area contributed by atoms with E-state index in [1.54, 1.807) is 14.2 Å². The van der Waals surface area contributed by atoms with Crippen LogP contribution in [0.2, 0.25) is 0 Å². The lowest BCUT2D eigenvalue weighted by Crippen LogP contribution is -2.19. The van der Waals surface area contributed by atoms with Gasteiger partial charge in [0, 0.05) is 11.8 Å². The van der Waals surface area contributed by atoms with E-state index in [1.165, 1.54) is 30.6 Å². The second kappa shape index (κ2) is 9.94. The predicted molar refractivity (Wildman–Crippen MR) is 88.2 cm³/mol. The molecule has 1 aromatic rings. The van der Waals surface area contributed by atoms with Gasteiger partial charge in [0.2, 0.25) is 0 Å². The fourth-order valence-corrected chi connectivity index (χ4v) is 3.24. The zero-order valence-corrected chi connectivity index (χ0v) is 13.9. The highest BCUT2D eigenvalue weighted by atomic mass is 32.2. The average molecular weight is 297 g/mol. The van der Waals surface area contributed by atoms with Crippen molar-refractivity contribution in [2.45, 2.75) is 32.2 Å². The summed E-state index contributed by atoms with van der Waals surface area (Å²) < 4.78 is 10.6. The Bertz CT molecular complexity index is 385. The molecule has 0 fully saturated rings. The van der Waals surface area contributed by atoms with Crippen LogP contribution in [0.3, 0.4) is 0 Å². The lowest BCUT2D eigenvalue weighted by atomic mass is 10.1. The van der Waals surface area contributed by atoms with E-state index in [0.29, 0.717) is 6.04 Å². The van der Waals surface area contributed by atoms with Crippen LogP contribution in [-0.2, 0) is 0 Å². The molecule has 1 N–H and O–H groups in total. The number of nitrogens with one attached hydrogen (secondary N) is 1. The van der Waals surface area contributed by atoms with Gasteiger partial charge in [-0.2, -0.15) is 11.8 Å². The smallest absolute Gasteiger partial charge is 0.161 e. The summed E-state index contributed by atoms with van der Waals surface area (Å²) in [5.74, 6) is 3.89. The maximum atomic E-state index is 5.37. The summed E-state index contributed by atoms with van der Waals surface area (Å²) in [6, 6.07) is 6.49. The molecule has 0 amide bonds. The zero-order valence-electron chi connectivity index (χ0n) is 13.1. The first-order valence-corrected chi connectivity index (χ1v) is 8.39. The molecule has 20 heavy (non-hydrogen) atoms. The highest BCUT2D eigenvalue weighted by Gasteiger charge is 2.12. The average Bonchev–Trinajstić information content (AvgIpc) is 2.50. The number of hydrogen-bond acceptors (Lipinski definition) is 4. The van der Waals surface area contributed by atoms with Gasteiger partial charge in [-0.05, 0) is 36.9 Å². The van der Waals surface area contributed by atoms with E-state index in [2.05, 4.69) is 24.4 Å². The molecule has 0 saturated heterocycles. The van der Waals surface area contributed by atoms with Crippen LogP contribution in [0.1, 0.15) is 37.8 Å². The summed E-state index contributed by atoms with van der Waals surface area (Å²) >= 11 is 2.01. The van der Waals surface area contributed by atoms with Crippen molar-refractivity contribution in [3.63, 3.8) is 0 Å². The minimum atomic E-state index is 0.349. The SMILES string of the molecule is CCCCCSCC(NC)c1ccc(OC)c(OC)c1. The number of unbranched alkanes of at least 4 members (excludes halogenated alkanes) is 2. The third-order valence-corrected chi connectivity index (χ3v) is 4.48. The van der Waals surface area contributed by atoms with Gasteiger partial charge in [0.1, 0.15) is 0 Å². The van der Waals surface area contributed by atoms with Gasteiger partial charge in [0.15, 0.2) is 11.5 Å². The van der Waals surface area contributed by atoms with E-state index >= 15 is 0 Å². The van der Waals surface area contributed by atoms with Gasteiger partial charge in [-0.1, -0.05) is 25.8 Å². The van der Waals surface area contributed by atoms with Gasteiger partial charge >= 0.3 is 0 Å². The molecule has 1 aromatic carbocycles. The molecule has 0 spiro atoms. The maximum Gasteiger partial charge on any atom is 0.161 e. The topological polar surface area (TPSA) is 30.5 Å². The number of methoxy groups -OCH3 is 2. The molecule has 0 aliphatic heterocycles. The summed E-state index contributed by atoms with van der Waals surface area (Å²) in [6.07, 6.45) is 3.92. The number of ether oxygens (including phenoxy) is 2. The van der Waals surface area contributed by atoms with Crippen LogP contribution in [0.5, 0.6) is 11.5 Å². The van der Waals surface area contributed by atoms with Crippen LogP contribution in [0.4, 0.5) is 0 Å². The molecule has 0 bridgehead atoms. The highest BCUT2D eigenvalue weighted by Crippen LogP contribution is 2.31. The van der Waals surface area contributed by atoms with Gasteiger partial charge in [0.25, 0.3) is 0 Å². The quantitative estimate of drug-likeness (QED) is 0.664. The van der Waals surface area contributed by atoms with Crippen molar-refractivity contribution in [2.75, 3.05) is 32.8 Å². The molecule has 0 aliphatic carbocycles. The number of rotatable bonds is 10. The Morgan fingerprint density at radius 3 is 2.50 bits per heavy atom. The molecule has 1 rings (SSSR count). The van der Waals surface area contributed by atoms with Crippen molar-refractivity contribution >= 4 is 11.8 Å². The van der Waals surface area contributed by atoms with Gasteiger partial charge in [0.05, 0.1) is 14.2 Å². The first-order chi connectivity index (χ1) is 9.76. The van der Waals surface area contributed by atoms with E-state index in [0.717, 1.165) is 17.3 Å². The first kappa shape index (κ1) is 17.2. The first-order valence-electron chi connectivity index (χ1n) is 7.23. The molecular formula is C16H27NO2S. The van der Waals surface area contributed by atoms with E-state index in [4.69, 9.17) is 9.47 Å². The van der Waals surface area contributed by atoms with Crippen molar-refractivity contribution in [3.05, 3.63) is 23.8 Å². The zero-order chi connectivity index (χ0) is 14.8. The maximum absolute atomic E-state index is 5.37. The Hall–Kier alpha value is -0.870. The van der Waals surface area contributed by atoms with Crippen LogP contribution >= 0.6 is 11.8 Å². The molecule has 0 aromatic heterocycles. The number of hydrogen-bond donors (Lipinski definition) is 1. The second-order valence-electron chi connectivity index (χ2n) is 4.74. The highest BCUT2D eigenvalue weighted by molar-refractivity contribution is 7.99. The third-order valence-electron chi connectivity index (χ3n) is 3.34. The third kappa shape index (κ3) is 5.25. The van der Waals surface area contributed by atoms with E-state index in [1.807, 2.05) is 24.9 Å². The van der Waals surface area contributed by atoms with Crippen molar-refractivity contribution in [1.82, 2.24) is 5.32 Å². The molecule has 114 valence electrons. The van der Waals surface area contributed by atoms with Gasteiger partial charge in [-0.15, -0.1) is 0 Å². The number of benzene rings is 1. The summed E-state index contributed by atoms with van der Waals surface area (Å²) in [4.78, 5) is 0. The summed E-state index contributed by atoms with van der Waals surface area (Å²) in [5.41, 5.74) is 1.24. The molecule has 0 radical (unpaired) electrons. The molecular weight excluding hydrogens is 270 g/mol. The van der Waals surface area contributed by atoms with Crippen LogP contribution in [-0.4, -0.2) is 32.8 Å². The Morgan fingerprint density at radius 2 is 1.90 bits per heavy atom. The van der Waals surface area contributed by atoms with Crippen LogP contribution in [0.15, 0.2) is 18.2 Å². The number of thioether (sulfide) groups is 1. The van der Waals surface area contributed by atoms with Crippen LogP contribution in [0.25, 0.3) is 0 Å².